The van der Waals surface area contributed by atoms with Crippen molar-refractivity contribution in [3.05, 3.63) is 71.2 Å². The fourth-order valence-corrected chi connectivity index (χ4v) is 8.35. The van der Waals surface area contributed by atoms with Crippen molar-refractivity contribution in [1.29, 1.82) is 5.26 Å². The molecule has 5 heterocycles. The Balaban J connectivity index is 0.726. The molecule has 322 valence electrons. The van der Waals surface area contributed by atoms with Gasteiger partial charge in [0.05, 0.1) is 60.6 Å². The maximum Gasteiger partial charge on any atom is 0.264 e. The summed E-state index contributed by atoms with van der Waals surface area (Å²) in [5.41, 5.74) is 3.14. The lowest BCUT2D eigenvalue weighted by molar-refractivity contribution is -0.137. The number of aromatic nitrogens is 4. The van der Waals surface area contributed by atoms with Crippen molar-refractivity contribution in [1.82, 2.24) is 34.9 Å². The summed E-state index contributed by atoms with van der Waals surface area (Å²) in [6, 6.07) is 9.83. The average molecular weight is 845 g/mol. The number of carbonyl (C=O) groups is 6. The molecule has 18 nitrogen and oxygen atoms in total. The number of fused-ring (bicyclic) bond motifs is 2. The van der Waals surface area contributed by atoms with E-state index in [2.05, 4.69) is 37.1 Å². The number of pyridine rings is 2. The summed E-state index contributed by atoms with van der Waals surface area (Å²) >= 11 is 0. The number of ether oxygens (including phenoxy) is 2. The second-order valence-electron chi connectivity index (χ2n) is 16.2. The van der Waals surface area contributed by atoms with Gasteiger partial charge in [0.1, 0.15) is 12.1 Å². The summed E-state index contributed by atoms with van der Waals surface area (Å²) < 4.78 is 13.0. The molecule has 1 saturated heterocycles. The summed E-state index contributed by atoms with van der Waals surface area (Å²) in [7, 11) is 1.78. The first-order valence-corrected chi connectivity index (χ1v) is 21.1. The number of ketones is 1. The highest BCUT2D eigenvalue weighted by atomic mass is 16.5. The lowest BCUT2D eigenvalue weighted by Crippen LogP contribution is -2.54. The van der Waals surface area contributed by atoms with E-state index in [1.165, 1.54) is 6.20 Å². The molecule has 3 fully saturated rings. The Kier molecular flexibility index (Phi) is 12.6. The van der Waals surface area contributed by atoms with Gasteiger partial charge in [-0.2, -0.15) is 15.0 Å². The third-order valence-corrected chi connectivity index (χ3v) is 11.9. The maximum atomic E-state index is 13.7. The van der Waals surface area contributed by atoms with Crippen LogP contribution in [0.15, 0.2) is 48.9 Å². The molecule has 4 aliphatic rings. The van der Waals surface area contributed by atoms with Gasteiger partial charge < -0.3 is 25.0 Å². The van der Waals surface area contributed by atoms with E-state index in [1.807, 2.05) is 6.07 Å². The number of amides is 5. The summed E-state index contributed by atoms with van der Waals surface area (Å²) in [5, 5.41) is 23.2. The summed E-state index contributed by atoms with van der Waals surface area (Å²) in [4.78, 5) is 88.9. The van der Waals surface area contributed by atoms with Crippen molar-refractivity contribution in [3.8, 4) is 11.9 Å². The highest BCUT2D eigenvalue weighted by Gasteiger charge is 2.45. The molecule has 3 N–H and O–H groups in total. The van der Waals surface area contributed by atoms with Crippen LogP contribution in [0.5, 0.6) is 0 Å². The zero-order chi connectivity index (χ0) is 43.3. The molecule has 1 atom stereocenters. The molecule has 2 aliphatic carbocycles. The van der Waals surface area contributed by atoms with Gasteiger partial charge in [0.2, 0.25) is 17.7 Å². The predicted molar refractivity (Wildman–Crippen MR) is 223 cm³/mol. The van der Waals surface area contributed by atoms with Gasteiger partial charge in [-0.25, -0.2) is 9.97 Å². The monoisotopic (exact) mass is 844 g/mol. The van der Waals surface area contributed by atoms with Crippen LogP contribution in [0.2, 0.25) is 0 Å². The quantitative estimate of drug-likeness (QED) is 0.0738. The molecule has 62 heavy (non-hydrogen) atoms. The minimum absolute atomic E-state index is 0.0206. The molecule has 2 saturated carbocycles. The van der Waals surface area contributed by atoms with E-state index in [0.717, 1.165) is 54.5 Å². The van der Waals surface area contributed by atoms with Gasteiger partial charge in [-0.05, 0) is 69.1 Å². The van der Waals surface area contributed by atoms with Gasteiger partial charge in [-0.15, -0.1) is 0 Å². The number of nitriles is 1. The van der Waals surface area contributed by atoms with Crippen molar-refractivity contribution in [3.63, 3.8) is 0 Å². The second-order valence-corrected chi connectivity index (χ2v) is 16.2. The number of benzene rings is 1. The van der Waals surface area contributed by atoms with E-state index in [9.17, 15) is 34.0 Å². The third kappa shape index (κ3) is 9.18. The maximum absolute atomic E-state index is 13.7. The lowest BCUT2D eigenvalue weighted by Gasteiger charge is -2.30. The minimum atomic E-state index is -1.03. The first-order valence-electron chi connectivity index (χ1n) is 21.1. The van der Waals surface area contributed by atoms with Crippen LogP contribution in [-0.4, -0.2) is 124 Å². The molecular weight excluding hydrogens is 797 g/mol. The van der Waals surface area contributed by atoms with Crippen LogP contribution in [-0.2, 0) is 23.9 Å². The van der Waals surface area contributed by atoms with Gasteiger partial charge >= 0.3 is 0 Å². The zero-order valence-electron chi connectivity index (χ0n) is 34.4. The largest absolute Gasteiger partial charge is 0.382 e. The molecule has 1 aromatic carbocycles. The molecule has 8 rings (SSSR count). The van der Waals surface area contributed by atoms with Gasteiger partial charge in [0.25, 0.3) is 11.8 Å². The van der Waals surface area contributed by atoms with E-state index < -0.39 is 29.7 Å². The van der Waals surface area contributed by atoms with Crippen molar-refractivity contribution in [2.24, 2.45) is 11.8 Å². The Labute approximate surface area is 357 Å². The molecule has 4 aromatic rings. The Bertz CT molecular complexity index is 2450. The number of anilines is 2. The minimum Gasteiger partial charge on any atom is -0.382 e. The fourth-order valence-electron chi connectivity index (χ4n) is 8.35. The van der Waals surface area contributed by atoms with Gasteiger partial charge in [0.15, 0.2) is 17.2 Å². The normalized spacial score (nSPS) is 19.9. The van der Waals surface area contributed by atoms with Gasteiger partial charge in [0, 0.05) is 74.5 Å². The Morgan fingerprint density at radius 2 is 1.71 bits per heavy atom. The number of rotatable bonds is 18. The third-order valence-electron chi connectivity index (χ3n) is 11.9. The Hall–Kier alpha value is -6.58. The van der Waals surface area contributed by atoms with E-state index in [0.29, 0.717) is 80.3 Å². The number of piperidine rings is 1. The molecular formula is C44H48N10O8. The van der Waals surface area contributed by atoms with E-state index in [4.69, 9.17) is 9.47 Å². The van der Waals surface area contributed by atoms with Gasteiger partial charge in [-0.1, -0.05) is 6.07 Å². The SMILES string of the molecule is CN(CCOCCOCCNc1cccc2c1C(=O)N(C1CCC(=O)NC1=O)C2=O)C(=O)C1CCC(CC(=O)c2cnc(-n3ncc4cc(C#N)cnc43)cc2NC2CC2)CC1. The highest BCUT2D eigenvalue weighted by Crippen LogP contribution is 2.35. The first-order chi connectivity index (χ1) is 30.1. The van der Waals surface area contributed by atoms with Gasteiger partial charge in [-0.3, -0.25) is 39.0 Å². The number of hydrogen-bond acceptors (Lipinski definition) is 14. The average Bonchev–Trinajstić information content (AvgIpc) is 3.93. The summed E-state index contributed by atoms with van der Waals surface area (Å²) in [5.74, 6) is -1.53. The number of imide groups is 2. The molecule has 5 amide bonds. The first kappa shape index (κ1) is 42.1. The number of nitrogens with one attached hydrogen (secondary N) is 3. The van der Waals surface area contributed by atoms with Crippen molar-refractivity contribution >= 4 is 57.7 Å². The number of likely N-dealkylation sites (N-methyl/N-ethyl adjacent to an activating group) is 1. The smallest absolute Gasteiger partial charge is 0.264 e. The molecule has 0 bridgehead atoms. The number of hydrogen-bond donors (Lipinski definition) is 3. The Morgan fingerprint density at radius 1 is 0.919 bits per heavy atom. The molecule has 0 spiro atoms. The molecule has 1 unspecified atom stereocenters. The lowest BCUT2D eigenvalue weighted by atomic mass is 9.78. The number of nitrogens with zero attached hydrogens (tertiary/aromatic N) is 7. The molecule has 2 aliphatic heterocycles. The summed E-state index contributed by atoms with van der Waals surface area (Å²) in [6.07, 6.45) is 10.4. The second kappa shape index (κ2) is 18.6. The van der Waals surface area contributed by atoms with Crippen molar-refractivity contribution < 1.29 is 38.2 Å². The molecule has 0 radical (unpaired) electrons. The van der Waals surface area contributed by atoms with Crippen molar-refractivity contribution in [2.45, 2.75) is 69.9 Å². The van der Waals surface area contributed by atoms with E-state index in [1.54, 1.807) is 53.3 Å². The highest BCUT2D eigenvalue weighted by molar-refractivity contribution is 6.25. The zero-order valence-corrected chi connectivity index (χ0v) is 34.4. The summed E-state index contributed by atoms with van der Waals surface area (Å²) in [6.45, 7) is 2.08. The molecule has 18 heteroatoms. The number of carbonyl (C=O) groups excluding carboxylic acids is 6. The van der Waals surface area contributed by atoms with Crippen LogP contribution in [0.25, 0.3) is 16.9 Å². The molecule has 3 aromatic heterocycles. The predicted octanol–water partition coefficient (Wildman–Crippen LogP) is 3.65. The Morgan fingerprint density at radius 3 is 2.47 bits per heavy atom. The van der Waals surface area contributed by atoms with E-state index >= 15 is 0 Å². The van der Waals surface area contributed by atoms with Crippen LogP contribution in [0.4, 0.5) is 11.4 Å². The topological polar surface area (TPSA) is 231 Å². The number of Topliss-reactive ketones (excluding diaryl/α,β-unsaturated/α-hetero) is 1. The van der Waals surface area contributed by atoms with Crippen LogP contribution in [0.1, 0.15) is 94.4 Å². The fraction of sp³-hybridized carbons (Fsp3) is 0.455. The van der Waals surface area contributed by atoms with Crippen LogP contribution in [0, 0.1) is 23.2 Å². The van der Waals surface area contributed by atoms with Crippen LogP contribution in [0.3, 0.4) is 0 Å². The standard InChI is InChI=1S/C44H48N10O8/c1-52(14-16-62-18-17-61-15-13-46-33-4-2-3-31-39(33)44(60)53(43(31)59)35-11-12-38(56)51-41(35)57)42(58)28-7-5-26(6-8-28)20-36(55)32-25-47-37(21-34(32)50-30-9-10-30)54-40-29(24-49-54)19-27(22-45)23-48-40/h2-4,19,21,23-26,28,30,35,46H,5-18,20H2,1H3,(H,47,50)(H,51,56,57). The van der Waals surface area contributed by atoms with Crippen LogP contribution >= 0.6 is 0 Å². The van der Waals surface area contributed by atoms with Crippen LogP contribution < -0.4 is 16.0 Å². The van der Waals surface area contributed by atoms with E-state index in [-0.39, 0.29) is 47.5 Å². The van der Waals surface area contributed by atoms with Crippen molar-refractivity contribution in [2.75, 3.05) is 57.2 Å².